The monoisotopic (exact) mass is 294 g/mol. The standard InChI is InChI=1S/C14H33P3/c1-6-16(7-2)12-10-14(5,15)11-13-17(8-3)9-4/h6-13,15H2,1-5H3. The molecule has 3 heteroatoms. The molecule has 0 bridgehead atoms. The van der Waals surface area contributed by atoms with E-state index in [1.165, 1.54) is 49.8 Å². The lowest BCUT2D eigenvalue weighted by Crippen LogP contribution is -2.19. The van der Waals surface area contributed by atoms with Gasteiger partial charge in [-0.1, -0.05) is 34.6 Å². The minimum atomic E-state index is 0.338. The lowest BCUT2D eigenvalue weighted by molar-refractivity contribution is 0.605. The summed E-state index contributed by atoms with van der Waals surface area (Å²) in [7, 11) is 3.83. The third-order valence-corrected chi connectivity index (χ3v) is 9.65. The second-order valence-corrected chi connectivity index (χ2v) is 12.7. The van der Waals surface area contributed by atoms with Gasteiger partial charge in [0.05, 0.1) is 0 Å². The van der Waals surface area contributed by atoms with Gasteiger partial charge in [0, 0.05) is 0 Å². The van der Waals surface area contributed by atoms with Gasteiger partial charge in [-0.2, -0.15) is 0 Å². The molecule has 104 valence electrons. The summed E-state index contributed by atoms with van der Waals surface area (Å²) in [5, 5.41) is 0.510. The molecule has 0 nitrogen and oxygen atoms in total. The third kappa shape index (κ3) is 8.92. The van der Waals surface area contributed by atoms with E-state index >= 15 is 0 Å². The summed E-state index contributed by atoms with van der Waals surface area (Å²) >= 11 is 0. The van der Waals surface area contributed by atoms with Gasteiger partial charge in [-0.05, 0) is 55.0 Å². The maximum atomic E-state index is 3.15. The zero-order valence-electron chi connectivity index (χ0n) is 12.6. The highest BCUT2D eigenvalue weighted by Gasteiger charge is 2.20. The second kappa shape index (κ2) is 10.1. The van der Waals surface area contributed by atoms with Crippen molar-refractivity contribution in [3.05, 3.63) is 0 Å². The van der Waals surface area contributed by atoms with E-state index in [4.69, 9.17) is 0 Å². The van der Waals surface area contributed by atoms with Crippen LogP contribution in [0, 0.1) is 0 Å². The highest BCUT2D eigenvalue weighted by molar-refractivity contribution is 7.57. The van der Waals surface area contributed by atoms with Crippen molar-refractivity contribution in [1.29, 1.82) is 0 Å². The van der Waals surface area contributed by atoms with Crippen LogP contribution in [0.4, 0.5) is 0 Å². The Morgan fingerprint density at radius 3 is 1.29 bits per heavy atom. The molecule has 0 saturated heterocycles. The smallest absolute Gasteiger partial charge is 0.0172 e. The molecule has 0 aliphatic carbocycles. The van der Waals surface area contributed by atoms with Crippen molar-refractivity contribution in [3.63, 3.8) is 0 Å². The molecule has 0 aliphatic heterocycles. The molecule has 0 saturated carbocycles. The number of rotatable bonds is 10. The Morgan fingerprint density at radius 1 is 0.765 bits per heavy atom. The molecule has 0 aliphatic rings. The highest BCUT2D eigenvalue weighted by Crippen LogP contribution is 2.42. The average Bonchev–Trinajstić information content (AvgIpc) is 2.31. The van der Waals surface area contributed by atoms with Gasteiger partial charge in [0.1, 0.15) is 0 Å². The van der Waals surface area contributed by atoms with Crippen molar-refractivity contribution in [2.75, 3.05) is 37.0 Å². The van der Waals surface area contributed by atoms with Gasteiger partial charge in [-0.15, -0.1) is 25.1 Å². The summed E-state index contributed by atoms with van der Waals surface area (Å²) in [5.41, 5.74) is 0. The minimum absolute atomic E-state index is 0.338. The van der Waals surface area contributed by atoms with Crippen LogP contribution in [0.1, 0.15) is 47.5 Å². The van der Waals surface area contributed by atoms with E-state index < -0.39 is 0 Å². The maximum Gasteiger partial charge on any atom is -0.0172 e. The first-order valence-electron chi connectivity index (χ1n) is 7.22. The van der Waals surface area contributed by atoms with Crippen LogP contribution in [0.3, 0.4) is 0 Å². The second-order valence-electron chi connectivity index (χ2n) is 5.21. The fourth-order valence-corrected chi connectivity index (χ4v) is 6.62. The zero-order chi connectivity index (χ0) is 13.3. The Hall–Kier alpha value is 1.29. The topological polar surface area (TPSA) is 0 Å². The molecular formula is C14H33P3. The molecule has 0 heterocycles. The maximum absolute atomic E-state index is 3.15. The van der Waals surface area contributed by atoms with Crippen LogP contribution in [0.25, 0.3) is 0 Å². The predicted molar refractivity (Wildman–Crippen MR) is 93.1 cm³/mol. The summed E-state index contributed by atoms with van der Waals surface area (Å²) in [5.74, 6) is 0. The lowest BCUT2D eigenvalue weighted by atomic mass is 10.1. The fraction of sp³-hybridized carbons (Fsp3) is 1.00. The molecule has 0 amide bonds. The van der Waals surface area contributed by atoms with E-state index in [1.54, 1.807) is 0 Å². The average molecular weight is 294 g/mol. The SMILES string of the molecule is CCP(CC)CCC(C)(P)CCP(CC)CC. The first-order chi connectivity index (χ1) is 7.99. The van der Waals surface area contributed by atoms with Crippen molar-refractivity contribution < 1.29 is 0 Å². The van der Waals surface area contributed by atoms with E-state index in [1.807, 2.05) is 0 Å². The molecule has 0 N–H and O–H groups in total. The summed E-state index contributed by atoms with van der Waals surface area (Å²) in [6, 6.07) is 0. The van der Waals surface area contributed by atoms with Gasteiger partial charge in [0.2, 0.25) is 0 Å². The summed E-state index contributed by atoms with van der Waals surface area (Å²) in [6.07, 6.45) is 11.5. The van der Waals surface area contributed by atoms with Crippen LogP contribution in [0.5, 0.6) is 0 Å². The van der Waals surface area contributed by atoms with E-state index in [0.717, 1.165) is 0 Å². The van der Waals surface area contributed by atoms with Crippen LogP contribution in [-0.4, -0.2) is 42.1 Å². The Kier molecular flexibility index (Phi) is 10.9. The van der Waals surface area contributed by atoms with Crippen LogP contribution >= 0.6 is 25.1 Å². The van der Waals surface area contributed by atoms with Gasteiger partial charge < -0.3 is 0 Å². The molecule has 0 radical (unpaired) electrons. The summed E-state index contributed by atoms with van der Waals surface area (Å²) in [4.78, 5) is 0. The molecule has 0 rings (SSSR count). The minimum Gasteiger partial charge on any atom is -0.131 e. The molecular weight excluding hydrogens is 261 g/mol. The molecule has 0 spiro atoms. The first-order valence-corrected chi connectivity index (χ1v) is 11.6. The summed E-state index contributed by atoms with van der Waals surface area (Å²) in [6.45, 7) is 11.9. The van der Waals surface area contributed by atoms with Gasteiger partial charge in [-0.3, -0.25) is 0 Å². The van der Waals surface area contributed by atoms with Crippen LogP contribution in [0.15, 0.2) is 0 Å². The van der Waals surface area contributed by atoms with E-state index in [2.05, 4.69) is 43.9 Å². The molecule has 0 aromatic rings. The van der Waals surface area contributed by atoms with Crippen molar-refractivity contribution in [3.8, 4) is 0 Å². The lowest BCUT2D eigenvalue weighted by Gasteiger charge is -2.28. The van der Waals surface area contributed by atoms with Gasteiger partial charge in [-0.25, -0.2) is 0 Å². The van der Waals surface area contributed by atoms with Crippen LogP contribution < -0.4 is 0 Å². The molecule has 17 heavy (non-hydrogen) atoms. The van der Waals surface area contributed by atoms with E-state index in [0.29, 0.717) is 21.0 Å². The Bertz CT molecular complexity index is 154. The Balaban J connectivity index is 3.93. The fourth-order valence-electron chi connectivity index (χ4n) is 2.03. The molecule has 0 fully saturated rings. The van der Waals surface area contributed by atoms with Crippen LogP contribution in [-0.2, 0) is 0 Å². The first kappa shape index (κ1) is 18.3. The summed E-state index contributed by atoms with van der Waals surface area (Å²) < 4.78 is 0. The van der Waals surface area contributed by atoms with Crippen LogP contribution in [0.2, 0.25) is 0 Å². The predicted octanol–water partition coefficient (Wildman–Crippen LogP) is 5.44. The van der Waals surface area contributed by atoms with Gasteiger partial charge >= 0.3 is 0 Å². The zero-order valence-corrected chi connectivity index (χ0v) is 15.6. The molecule has 0 aromatic carbocycles. The Labute approximate surface area is 115 Å². The third-order valence-electron chi connectivity index (χ3n) is 3.79. The molecule has 1 unspecified atom stereocenters. The van der Waals surface area contributed by atoms with Crippen molar-refractivity contribution in [2.45, 2.75) is 52.6 Å². The number of hydrogen-bond acceptors (Lipinski definition) is 0. The number of hydrogen-bond donors (Lipinski definition) is 0. The van der Waals surface area contributed by atoms with Gasteiger partial charge in [0.15, 0.2) is 0 Å². The Morgan fingerprint density at radius 2 is 1.06 bits per heavy atom. The van der Waals surface area contributed by atoms with E-state index in [9.17, 15) is 0 Å². The van der Waals surface area contributed by atoms with Crippen molar-refractivity contribution in [2.24, 2.45) is 0 Å². The normalized spacial score (nSPS) is 12.7. The van der Waals surface area contributed by atoms with Crippen molar-refractivity contribution >= 4 is 25.1 Å². The molecule has 1 atom stereocenters. The highest BCUT2D eigenvalue weighted by atomic mass is 31.1. The quantitative estimate of drug-likeness (QED) is 0.470. The van der Waals surface area contributed by atoms with Crippen molar-refractivity contribution in [1.82, 2.24) is 0 Å². The largest absolute Gasteiger partial charge is 0.131 e. The molecule has 0 aromatic heterocycles. The van der Waals surface area contributed by atoms with Gasteiger partial charge in [0.25, 0.3) is 0 Å². The van der Waals surface area contributed by atoms with E-state index in [-0.39, 0.29) is 0 Å².